The fourth-order valence-electron chi connectivity index (χ4n) is 3.01. The van der Waals surface area contributed by atoms with Crippen molar-refractivity contribution in [2.75, 3.05) is 12.3 Å². The molecule has 1 aliphatic rings. The molecule has 1 saturated carbocycles. The van der Waals surface area contributed by atoms with Crippen molar-refractivity contribution in [3.05, 3.63) is 23.4 Å². The molecule has 1 fully saturated rings. The van der Waals surface area contributed by atoms with Crippen LogP contribution in [0.15, 0.2) is 23.4 Å². The molecule has 2 atom stereocenters. The van der Waals surface area contributed by atoms with Crippen molar-refractivity contribution in [2.24, 2.45) is 5.92 Å². The molecule has 21 heavy (non-hydrogen) atoms. The van der Waals surface area contributed by atoms with E-state index in [9.17, 15) is 5.26 Å². The highest BCUT2D eigenvalue weighted by atomic mass is 35.5. The molecule has 0 aromatic carbocycles. The van der Waals surface area contributed by atoms with Gasteiger partial charge in [-0.3, -0.25) is 5.32 Å². The maximum Gasteiger partial charge on any atom is 0.115 e. The van der Waals surface area contributed by atoms with E-state index in [1.165, 1.54) is 0 Å². The van der Waals surface area contributed by atoms with Gasteiger partial charge in [-0.25, -0.2) is 4.98 Å². The van der Waals surface area contributed by atoms with Crippen molar-refractivity contribution in [3.63, 3.8) is 0 Å². The second kappa shape index (κ2) is 8.03. The maximum atomic E-state index is 9.62. The summed E-state index contributed by atoms with van der Waals surface area (Å²) >= 11 is 7.81. The smallest absolute Gasteiger partial charge is 0.115 e. The van der Waals surface area contributed by atoms with E-state index in [1.807, 2.05) is 12.1 Å². The number of rotatable bonds is 7. The topological polar surface area (TPSA) is 48.7 Å². The number of pyridine rings is 1. The molecule has 0 saturated heterocycles. The van der Waals surface area contributed by atoms with Crippen LogP contribution in [0.5, 0.6) is 0 Å². The van der Waals surface area contributed by atoms with Crippen molar-refractivity contribution in [1.82, 2.24) is 10.3 Å². The minimum atomic E-state index is -0.315. The summed E-state index contributed by atoms with van der Waals surface area (Å²) in [5.74, 6) is 1.39. The summed E-state index contributed by atoms with van der Waals surface area (Å²) in [4.78, 5) is 4.30. The molecule has 1 aliphatic carbocycles. The lowest BCUT2D eigenvalue weighted by atomic mass is 9.86. The molecule has 1 aromatic rings. The Bertz CT molecular complexity index is 503. The molecular weight excluding hydrogens is 302 g/mol. The predicted octanol–water partition coefficient (Wildman–Crippen LogP) is 4.28. The zero-order valence-corrected chi connectivity index (χ0v) is 14.0. The molecule has 0 aliphatic heterocycles. The zero-order chi connectivity index (χ0) is 15.1. The summed E-state index contributed by atoms with van der Waals surface area (Å²) in [6.07, 6.45) is 7.12. The Morgan fingerprint density at radius 1 is 1.62 bits per heavy atom. The summed E-state index contributed by atoms with van der Waals surface area (Å²) in [6.45, 7) is 3.06. The third-order valence-corrected chi connectivity index (χ3v) is 5.60. The third kappa shape index (κ3) is 4.12. The van der Waals surface area contributed by atoms with E-state index >= 15 is 0 Å². The fourth-order valence-corrected chi connectivity index (χ4v) is 4.23. The van der Waals surface area contributed by atoms with E-state index in [-0.39, 0.29) is 5.54 Å². The van der Waals surface area contributed by atoms with Crippen LogP contribution in [0.1, 0.15) is 39.0 Å². The van der Waals surface area contributed by atoms with Crippen LogP contribution >= 0.6 is 23.4 Å². The first-order valence-electron chi connectivity index (χ1n) is 7.61. The van der Waals surface area contributed by atoms with Gasteiger partial charge >= 0.3 is 0 Å². The fraction of sp³-hybridized carbons (Fsp3) is 0.625. The van der Waals surface area contributed by atoms with Crippen LogP contribution < -0.4 is 5.32 Å². The van der Waals surface area contributed by atoms with Gasteiger partial charge in [-0.05, 0) is 56.0 Å². The lowest BCUT2D eigenvalue weighted by molar-refractivity contribution is 0.311. The Morgan fingerprint density at radius 3 is 3.19 bits per heavy atom. The van der Waals surface area contributed by atoms with Crippen molar-refractivity contribution in [2.45, 2.75) is 49.6 Å². The Kier molecular flexibility index (Phi) is 6.35. The molecule has 3 nitrogen and oxygen atoms in total. The van der Waals surface area contributed by atoms with Gasteiger partial charge < -0.3 is 0 Å². The molecule has 114 valence electrons. The second-order valence-electron chi connectivity index (χ2n) is 5.53. The van der Waals surface area contributed by atoms with Gasteiger partial charge in [0.25, 0.3) is 0 Å². The Labute approximate surface area is 136 Å². The lowest BCUT2D eigenvalue weighted by Crippen LogP contribution is -2.47. The van der Waals surface area contributed by atoms with E-state index in [0.717, 1.165) is 49.4 Å². The first-order valence-corrected chi connectivity index (χ1v) is 8.98. The number of nitrogens with zero attached hydrogens (tertiary/aromatic N) is 2. The molecule has 0 spiro atoms. The van der Waals surface area contributed by atoms with Crippen molar-refractivity contribution < 1.29 is 0 Å². The van der Waals surface area contributed by atoms with E-state index in [2.05, 4.69) is 23.3 Å². The molecule has 1 N–H and O–H groups in total. The minimum Gasteiger partial charge on any atom is -0.299 e. The Hall–Kier alpha value is -0.760. The summed E-state index contributed by atoms with van der Waals surface area (Å²) in [7, 11) is 0. The molecule has 0 radical (unpaired) electrons. The largest absolute Gasteiger partial charge is 0.299 e. The van der Waals surface area contributed by atoms with E-state index < -0.39 is 0 Å². The van der Waals surface area contributed by atoms with Gasteiger partial charge in [0.2, 0.25) is 0 Å². The molecule has 1 aromatic heterocycles. The Morgan fingerprint density at radius 2 is 2.48 bits per heavy atom. The maximum absolute atomic E-state index is 9.62. The summed E-state index contributed by atoms with van der Waals surface area (Å²) < 4.78 is 0. The van der Waals surface area contributed by atoms with Crippen LogP contribution in [-0.4, -0.2) is 22.8 Å². The van der Waals surface area contributed by atoms with E-state index in [0.29, 0.717) is 10.9 Å². The molecule has 2 rings (SSSR count). The quantitative estimate of drug-likeness (QED) is 0.761. The number of hydrogen-bond acceptors (Lipinski definition) is 4. The van der Waals surface area contributed by atoms with Gasteiger partial charge in [-0.15, -0.1) is 11.8 Å². The first kappa shape index (κ1) is 16.6. The molecule has 2 unspecified atom stereocenters. The summed E-state index contributed by atoms with van der Waals surface area (Å²) in [6, 6.07) is 6.28. The van der Waals surface area contributed by atoms with Gasteiger partial charge in [0, 0.05) is 6.20 Å². The lowest BCUT2D eigenvalue weighted by Gasteiger charge is -2.30. The first-order chi connectivity index (χ1) is 10.2. The van der Waals surface area contributed by atoms with Gasteiger partial charge in [0.1, 0.15) is 10.6 Å². The SMILES string of the molecule is CCCNC1(C#N)CCCC1CCSc1ncccc1Cl. The summed E-state index contributed by atoms with van der Waals surface area (Å²) in [5, 5.41) is 14.7. The average molecular weight is 324 g/mol. The monoisotopic (exact) mass is 323 g/mol. The number of halogens is 1. The van der Waals surface area contributed by atoms with Gasteiger partial charge in [0.05, 0.1) is 11.1 Å². The van der Waals surface area contributed by atoms with Gasteiger partial charge in [-0.2, -0.15) is 5.26 Å². The van der Waals surface area contributed by atoms with Crippen LogP contribution in [-0.2, 0) is 0 Å². The Balaban J connectivity index is 1.90. The van der Waals surface area contributed by atoms with Crippen LogP contribution in [0, 0.1) is 17.2 Å². The zero-order valence-electron chi connectivity index (χ0n) is 12.4. The molecule has 0 amide bonds. The second-order valence-corrected chi connectivity index (χ2v) is 7.02. The van der Waals surface area contributed by atoms with Crippen molar-refractivity contribution >= 4 is 23.4 Å². The van der Waals surface area contributed by atoms with E-state index in [1.54, 1.807) is 18.0 Å². The number of thioether (sulfide) groups is 1. The minimum absolute atomic E-state index is 0.315. The highest BCUT2D eigenvalue weighted by Gasteiger charge is 2.42. The van der Waals surface area contributed by atoms with Gasteiger partial charge in [0.15, 0.2) is 0 Å². The highest BCUT2D eigenvalue weighted by Crippen LogP contribution is 2.39. The van der Waals surface area contributed by atoms with Crippen LogP contribution in [0.2, 0.25) is 5.02 Å². The van der Waals surface area contributed by atoms with Crippen molar-refractivity contribution in [3.8, 4) is 6.07 Å². The van der Waals surface area contributed by atoms with Crippen LogP contribution in [0.3, 0.4) is 0 Å². The summed E-state index contributed by atoms with van der Waals surface area (Å²) in [5.41, 5.74) is -0.315. The molecular formula is C16H22ClN3S. The normalized spacial score (nSPS) is 24.9. The number of nitrogens with one attached hydrogen (secondary N) is 1. The number of aromatic nitrogens is 1. The average Bonchev–Trinajstić information content (AvgIpc) is 2.90. The van der Waals surface area contributed by atoms with E-state index in [4.69, 9.17) is 11.6 Å². The number of nitriles is 1. The third-order valence-electron chi connectivity index (χ3n) is 4.14. The highest BCUT2D eigenvalue weighted by molar-refractivity contribution is 7.99. The molecule has 0 bridgehead atoms. The number of hydrogen-bond donors (Lipinski definition) is 1. The van der Waals surface area contributed by atoms with Crippen LogP contribution in [0.25, 0.3) is 0 Å². The molecule has 1 heterocycles. The molecule has 5 heteroatoms. The van der Waals surface area contributed by atoms with Crippen molar-refractivity contribution in [1.29, 1.82) is 5.26 Å². The van der Waals surface area contributed by atoms with Gasteiger partial charge in [-0.1, -0.05) is 24.9 Å². The predicted molar refractivity (Wildman–Crippen MR) is 88.6 cm³/mol. The van der Waals surface area contributed by atoms with Crippen LogP contribution in [0.4, 0.5) is 0 Å². The standard InChI is InChI=1S/C16H22ClN3S/c1-2-9-20-16(12-18)8-3-5-13(16)7-11-21-15-14(17)6-4-10-19-15/h4,6,10,13,20H,2-3,5,7-9,11H2,1H3.